The zero-order valence-electron chi connectivity index (χ0n) is 11.7. The van der Waals surface area contributed by atoms with E-state index in [1.165, 1.54) is 0 Å². The van der Waals surface area contributed by atoms with Crippen molar-refractivity contribution in [1.29, 1.82) is 0 Å². The third-order valence-corrected chi connectivity index (χ3v) is 4.54. The maximum absolute atomic E-state index is 12.0. The highest BCUT2D eigenvalue weighted by Gasteiger charge is 2.13. The summed E-state index contributed by atoms with van der Waals surface area (Å²) in [5.74, 6) is 0.428. The SMILES string of the molecule is NC(=NCCNS(=O)(=O)c1ccccc1)N1CCOCC1. The number of benzene rings is 1. The van der Waals surface area contributed by atoms with Crippen LogP contribution >= 0.6 is 0 Å². The zero-order valence-corrected chi connectivity index (χ0v) is 12.6. The van der Waals surface area contributed by atoms with Crippen molar-refractivity contribution in [3.05, 3.63) is 30.3 Å². The van der Waals surface area contributed by atoms with Crippen molar-refractivity contribution in [3.8, 4) is 0 Å². The summed E-state index contributed by atoms with van der Waals surface area (Å²) in [6.07, 6.45) is 0. The van der Waals surface area contributed by atoms with Crippen molar-refractivity contribution in [2.75, 3.05) is 39.4 Å². The summed E-state index contributed by atoms with van der Waals surface area (Å²) in [4.78, 5) is 6.35. The number of sulfonamides is 1. The molecule has 0 radical (unpaired) electrons. The molecule has 0 saturated carbocycles. The molecular weight excluding hydrogens is 292 g/mol. The van der Waals surface area contributed by atoms with E-state index in [1.54, 1.807) is 30.3 Å². The number of hydrogen-bond donors (Lipinski definition) is 2. The van der Waals surface area contributed by atoms with Crippen LogP contribution in [0.1, 0.15) is 0 Å². The Morgan fingerprint density at radius 1 is 1.29 bits per heavy atom. The van der Waals surface area contributed by atoms with Gasteiger partial charge in [0, 0.05) is 19.6 Å². The Hall–Kier alpha value is -1.64. The zero-order chi connectivity index (χ0) is 15.1. The lowest BCUT2D eigenvalue weighted by atomic mass is 10.4. The first-order valence-corrected chi connectivity index (χ1v) is 8.25. The summed E-state index contributed by atoms with van der Waals surface area (Å²) in [6, 6.07) is 8.24. The minimum atomic E-state index is -3.48. The van der Waals surface area contributed by atoms with Crippen LogP contribution in [0.4, 0.5) is 0 Å². The van der Waals surface area contributed by atoms with Gasteiger partial charge in [0.2, 0.25) is 10.0 Å². The van der Waals surface area contributed by atoms with Crippen LogP contribution in [0, 0.1) is 0 Å². The molecule has 2 rings (SSSR count). The first kappa shape index (κ1) is 15.7. The van der Waals surface area contributed by atoms with E-state index < -0.39 is 10.0 Å². The predicted molar refractivity (Wildman–Crippen MR) is 80.5 cm³/mol. The Balaban J connectivity index is 1.81. The summed E-state index contributed by atoms with van der Waals surface area (Å²) in [6.45, 7) is 3.21. The van der Waals surface area contributed by atoms with E-state index in [0.29, 0.717) is 38.8 Å². The molecular formula is C13H20N4O3S. The topological polar surface area (TPSA) is 97.0 Å². The van der Waals surface area contributed by atoms with Crippen molar-refractivity contribution in [2.24, 2.45) is 10.7 Å². The molecule has 1 saturated heterocycles. The first-order chi connectivity index (χ1) is 10.1. The molecule has 0 aliphatic carbocycles. The first-order valence-electron chi connectivity index (χ1n) is 6.77. The van der Waals surface area contributed by atoms with E-state index >= 15 is 0 Å². The number of nitrogens with one attached hydrogen (secondary N) is 1. The molecule has 1 aromatic rings. The highest BCUT2D eigenvalue weighted by atomic mass is 32.2. The molecule has 0 amide bonds. The van der Waals surface area contributed by atoms with Gasteiger partial charge < -0.3 is 15.4 Å². The quantitative estimate of drug-likeness (QED) is 0.438. The van der Waals surface area contributed by atoms with Gasteiger partial charge >= 0.3 is 0 Å². The molecule has 8 heteroatoms. The molecule has 3 N–H and O–H groups in total. The van der Waals surface area contributed by atoms with E-state index in [2.05, 4.69) is 9.71 Å². The summed E-state index contributed by atoms with van der Waals surface area (Å²) < 4.78 is 31.6. The van der Waals surface area contributed by atoms with Crippen LogP contribution in [0.2, 0.25) is 0 Å². The van der Waals surface area contributed by atoms with E-state index in [1.807, 2.05) is 4.90 Å². The fraction of sp³-hybridized carbons (Fsp3) is 0.462. The molecule has 1 fully saturated rings. The lowest BCUT2D eigenvalue weighted by Gasteiger charge is -2.27. The van der Waals surface area contributed by atoms with Gasteiger partial charge in [-0.25, -0.2) is 13.1 Å². The van der Waals surface area contributed by atoms with Crippen molar-refractivity contribution in [2.45, 2.75) is 4.90 Å². The van der Waals surface area contributed by atoms with Gasteiger partial charge in [-0.3, -0.25) is 4.99 Å². The number of hydrogen-bond acceptors (Lipinski definition) is 4. The van der Waals surface area contributed by atoms with Gasteiger partial charge in [0.05, 0.1) is 24.7 Å². The minimum Gasteiger partial charge on any atom is -0.378 e. The second-order valence-corrected chi connectivity index (χ2v) is 6.32. The number of guanidine groups is 1. The summed E-state index contributed by atoms with van der Waals surface area (Å²) >= 11 is 0. The smallest absolute Gasteiger partial charge is 0.240 e. The standard InChI is InChI=1S/C13H20N4O3S/c14-13(17-8-10-20-11-9-17)15-6-7-16-21(18,19)12-4-2-1-3-5-12/h1-5,16H,6-11H2,(H2,14,15). The van der Waals surface area contributed by atoms with E-state index in [0.717, 1.165) is 0 Å². The molecule has 7 nitrogen and oxygen atoms in total. The van der Waals surface area contributed by atoms with Gasteiger partial charge in [0.15, 0.2) is 5.96 Å². The number of aliphatic imine (C=N–C) groups is 1. The van der Waals surface area contributed by atoms with Crippen LogP contribution in [0.5, 0.6) is 0 Å². The number of ether oxygens (including phenoxy) is 1. The molecule has 0 spiro atoms. The average Bonchev–Trinajstić information content (AvgIpc) is 2.53. The van der Waals surface area contributed by atoms with Gasteiger partial charge in [-0.05, 0) is 12.1 Å². The second-order valence-electron chi connectivity index (χ2n) is 4.55. The third-order valence-electron chi connectivity index (χ3n) is 3.07. The summed E-state index contributed by atoms with van der Waals surface area (Å²) in [7, 11) is -3.48. The van der Waals surface area contributed by atoms with E-state index in [-0.39, 0.29) is 11.4 Å². The predicted octanol–water partition coefficient (Wildman–Crippen LogP) is -0.388. The molecule has 0 bridgehead atoms. The minimum absolute atomic E-state index is 0.211. The van der Waals surface area contributed by atoms with Crippen molar-refractivity contribution in [1.82, 2.24) is 9.62 Å². The van der Waals surface area contributed by atoms with Gasteiger partial charge in [-0.2, -0.15) is 0 Å². The Morgan fingerprint density at radius 3 is 2.62 bits per heavy atom. The maximum Gasteiger partial charge on any atom is 0.240 e. The highest BCUT2D eigenvalue weighted by Crippen LogP contribution is 2.06. The molecule has 0 unspecified atom stereocenters. The van der Waals surface area contributed by atoms with E-state index in [4.69, 9.17) is 10.5 Å². The Morgan fingerprint density at radius 2 is 1.95 bits per heavy atom. The van der Waals surface area contributed by atoms with Crippen LogP contribution in [-0.2, 0) is 14.8 Å². The Bertz CT molecular complexity index is 568. The molecule has 1 aromatic carbocycles. The number of nitrogens with zero attached hydrogens (tertiary/aromatic N) is 2. The van der Waals surface area contributed by atoms with E-state index in [9.17, 15) is 8.42 Å². The van der Waals surface area contributed by atoms with Crippen LogP contribution in [0.15, 0.2) is 40.2 Å². The van der Waals surface area contributed by atoms with Crippen molar-refractivity contribution in [3.63, 3.8) is 0 Å². The lowest BCUT2D eigenvalue weighted by Crippen LogP contribution is -2.45. The maximum atomic E-state index is 12.0. The molecule has 0 atom stereocenters. The van der Waals surface area contributed by atoms with Crippen LogP contribution < -0.4 is 10.5 Å². The third kappa shape index (κ3) is 4.69. The number of nitrogens with two attached hydrogens (primary N) is 1. The monoisotopic (exact) mass is 312 g/mol. The second kappa shape index (κ2) is 7.39. The normalized spacial score (nSPS) is 17.0. The Labute approximate surface area is 124 Å². The highest BCUT2D eigenvalue weighted by molar-refractivity contribution is 7.89. The van der Waals surface area contributed by atoms with Gasteiger partial charge in [-0.1, -0.05) is 18.2 Å². The molecule has 1 heterocycles. The van der Waals surface area contributed by atoms with Crippen LogP contribution in [0.25, 0.3) is 0 Å². The molecule has 116 valence electrons. The van der Waals surface area contributed by atoms with Crippen LogP contribution in [0.3, 0.4) is 0 Å². The molecule has 21 heavy (non-hydrogen) atoms. The average molecular weight is 312 g/mol. The fourth-order valence-corrected chi connectivity index (χ4v) is 2.97. The van der Waals surface area contributed by atoms with Crippen molar-refractivity contribution < 1.29 is 13.2 Å². The summed E-state index contributed by atoms with van der Waals surface area (Å²) in [5.41, 5.74) is 5.85. The molecule has 1 aliphatic heterocycles. The Kier molecular flexibility index (Phi) is 5.54. The fourth-order valence-electron chi connectivity index (χ4n) is 1.93. The van der Waals surface area contributed by atoms with Crippen LogP contribution in [-0.4, -0.2) is 58.7 Å². The molecule has 0 aromatic heterocycles. The van der Waals surface area contributed by atoms with Gasteiger partial charge in [0.25, 0.3) is 0 Å². The lowest BCUT2D eigenvalue weighted by molar-refractivity contribution is 0.0674. The largest absolute Gasteiger partial charge is 0.378 e. The number of morpholine rings is 1. The van der Waals surface area contributed by atoms with Gasteiger partial charge in [-0.15, -0.1) is 0 Å². The number of rotatable bonds is 5. The van der Waals surface area contributed by atoms with Crippen molar-refractivity contribution >= 4 is 16.0 Å². The molecule has 1 aliphatic rings. The summed E-state index contributed by atoms with van der Waals surface area (Å²) in [5, 5.41) is 0. The van der Waals surface area contributed by atoms with Gasteiger partial charge in [0.1, 0.15) is 0 Å².